The van der Waals surface area contributed by atoms with E-state index in [2.05, 4.69) is 0 Å². The van der Waals surface area contributed by atoms with Crippen LogP contribution in [-0.4, -0.2) is 15.9 Å². The zero-order valence-corrected chi connectivity index (χ0v) is 16.0. The number of nitrogens with zero attached hydrogens (tertiary/aromatic N) is 1. The monoisotopic (exact) mass is 377 g/mol. The average molecular weight is 378 g/mol. The van der Waals surface area contributed by atoms with Crippen LogP contribution in [0.5, 0.6) is 0 Å². The third kappa shape index (κ3) is 2.84. The lowest BCUT2D eigenvalue weighted by Gasteiger charge is -2.35. The topological polar surface area (TPSA) is 40.5 Å². The first-order chi connectivity index (χ1) is 12.9. The van der Waals surface area contributed by atoms with Crippen LogP contribution in [0.2, 0.25) is 5.02 Å². The van der Waals surface area contributed by atoms with Crippen molar-refractivity contribution in [3.63, 3.8) is 0 Å². The van der Waals surface area contributed by atoms with Crippen LogP contribution in [0, 0.1) is 13.8 Å². The minimum absolute atomic E-state index is 0.166. The van der Waals surface area contributed by atoms with Gasteiger partial charge in [-0.1, -0.05) is 71.8 Å². The number of halogens is 1. The number of benzene rings is 3. The second kappa shape index (κ2) is 6.52. The Kier molecular flexibility index (Phi) is 4.29. The molecule has 1 N–H and O–H groups in total. The van der Waals surface area contributed by atoms with E-state index in [4.69, 9.17) is 11.6 Å². The molecule has 136 valence electrons. The van der Waals surface area contributed by atoms with Gasteiger partial charge in [-0.2, -0.15) is 0 Å². The van der Waals surface area contributed by atoms with Crippen LogP contribution in [0.4, 0.5) is 0 Å². The van der Waals surface area contributed by atoms with Crippen molar-refractivity contribution in [2.75, 3.05) is 0 Å². The van der Waals surface area contributed by atoms with Crippen molar-refractivity contribution in [1.29, 1.82) is 0 Å². The number of carbonyl (C=O) groups excluding carboxylic acids is 1. The molecule has 1 amide bonds. The summed E-state index contributed by atoms with van der Waals surface area (Å²) < 4.78 is 0. The van der Waals surface area contributed by atoms with Crippen molar-refractivity contribution >= 4 is 17.5 Å². The van der Waals surface area contributed by atoms with Gasteiger partial charge >= 0.3 is 0 Å². The highest BCUT2D eigenvalue weighted by Crippen LogP contribution is 2.44. The molecule has 4 rings (SSSR count). The summed E-state index contributed by atoms with van der Waals surface area (Å²) in [6.45, 7) is 4.23. The first-order valence-corrected chi connectivity index (χ1v) is 9.25. The molecule has 1 heterocycles. The standard InChI is InChI=1S/C23H20ClNO2/c1-15-6-8-17(9-7-15)14-25-22(26)21-16(2)4-3-5-20(21)23(25,27)18-10-12-19(24)13-11-18/h3-13,27H,14H2,1-2H3. The normalized spacial score (nSPS) is 18.7. The summed E-state index contributed by atoms with van der Waals surface area (Å²) in [5, 5.41) is 12.4. The number of amides is 1. The molecule has 0 aromatic heterocycles. The van der Waals surface area contributed by atoms with E-state index in [1.165, 1.54) is 0 Å². The minimum Gasteiger partial charge on any atom is -0.363 e. The molecule has 1 aliphatic heterocycles. The highest BCUT2D eigenvalue weighted by atomic mass is 35.5. The predicted octanol–water partition coefficient (Wildman–Crippen LogP) is 4.81. The summed E-state index contributed by atoms with van der Waals surface area (Å²) in [7, 11) is 0. The van der Waals surface area contributed by atoms with Crippen LogP contribution >= 0.6 is 11.6 Å². The van der Waals surface area contributed by atoms with Crippen molar-refractivity contribution in [3.05, 3.63) is 105 Å². The summed E-state index contributed by atoms with van der Waals surface area (Å²) in [4.78, 5) is 14.8. The minimum atomic E-state index is -1.53. The van der Waals surface area contributed by atoms with Gasteiger partial charge in [0.05, 0.1) is 5.56 Å². The van der Waals surface area contributed by atoms with Crippen LogP contribution in [0.15, 0.2) is 66.7 Å². The Bertz CT molecular complexity index is 1010. The molecular weight excluding hydrogens is 358 g/mol. The zero-order valence-electron chi connectivity index (χ0n) is 15.2. The van der Waals surface area contributed by atoms with Crippen molar-refractivity contribution in [1.82, 2.24) is 4.90 Å². The van der Waals surface area contributed by atoms with Crippen LogP contribution in [0.1, 0.15) is 38.2 Å². The Balaban J connectivity index is 1.87. The molecule has 0 saturated carbocycles. The van der Waals surface area contributed by atoms with E-state index < -0.39 is 5.72 Å². The first kappa shape index (κ1) is 17.8. The number of carbonyl (C=O) groups is 1. The average Bonchev–Trinajstić information content (AvgIpc) is 2.88. The van der Waals surface area contributed by atoms with Gasteiger partial charge in [0, 0.05) is 22.7 Å². The summed E-state index contributed by atoms with van der Waals surface area (Å²) in [5.41, 5.74) is 3.25. The van der Waals surface area contributed by atoms with Gasteiger partial charge in [0.15, 0.2) is 5.72 Å². The fraction of sp³-hybridized carbons (Fsp3) is 0.174. The molecule has 3 nitrogen and oxygen atoms in total. The van der Waals surface area contributed by atoms with E-state index in [0.717, 1.165) is 16.7 Å². The lowest BCUT2D eigenvalue weighted by molar-refractivity contribution is -0.0542. The summed E-state index contributed by atoms with van der Waals surface area (Å²) >= 11 is 6.04. The number of rotatable bonds is 3. The highest BCUT2D eigenvalue weighted by molar-refractivity contribution is 6.30. The Hall–Kier alpha value is -2.62. The molecule has 0 radical (unpaired) electrons. The van der Waals surface area contributed by atoms with E-state index in [1.807, 2.05) is 56.3 Å². The maximum atomic E-state index is 13.3. The van der Waals surface area contributed by atoms with E-state index in [1.54, 1.807) is 29.2 Å². The molecule has 3 aromatic rings. The van der Waals surface area contributed by atoms with E-state index in [9.17, 15) is 9.90 Å². The predicted molar refractivity (Wildman–Crippen MR) is 107 cm³/mol. The number of aryl methyl sites for hydroxylation is 2. The lowest BCUT2D eigenvalue weighted by atomic mass is 9.92. The zero-order chi connectivity index (χ0) is 19.2. The van der Waals surface area contributed by atoms with Gasteiger partial charge in [-0.15, -0.1) is 0 Å². The quantitative estimate of drug-likeness (QED) is 0.711. The first-order valence-electron chi connectivity index (χ1n) is 8.87. The van der Waals surface area contributed by atoms with Crippen LogP contribution in [0.3, 0.4) is 0 Å². The smallest absolute Gasteiger partial charge is 0.257 e. The molecule has 0 saturated heterocycles. The third-order valence-electron chi connectivity index (χ3n) is 5.21. The Morgan fingerprint density at radius 1 is 0.963 bits per heavy atom. The van der Waals surface area contributed by atoms with Gasteiger partial charge in [0.25, 0.3) is 5.91 Å². The van der Waals surface area contributed by atoms with Gasteiger partial charge in [-0.3, -0.25) is 9.69 Å². The fourth-order valence-corrected chi connectivity index (χ4v) is 3.85. The summed E-state index contributed by atoms with van der Waals surface area (Å²) in [6.07, 6.45) is 0. The fourth-order valence-electron chi connectivity index (χ4n) is 3.73. The molecule has 0 fully saturated rings. The van der Waals surface area contributed by atoms with Crippen molar-refractivity contribution in [3.8, 4) is 0 Å². The molecule has 1 unspecified atom stereocenters. The Morgan fingerprint density at radius 2 is 1.63 bits per heavy atom. The van der Waals surface area contributed by atoms with Crippen molar-refractivity contribution in [2.24, 2.45) is 0 Å². The van der Waals surface area contributed by atoms with Gasteiger partial charge in [-0.25, -0.2) is 0 Å². The van der Waals surface area contributed by atoms with Crippen molar-refractivity contribution < 1.29 is 9.90 Å². The third-order valence-corrected chi connectivity index (χ3v) is 5.46. The number of hydrogen-bond donors (Lipinski definition) is 1. The maximum absolute atomic E-state index is 13.3. The Morgan fingerprint density at radius 3 is 2.30 bits per heavy atom. The highest BCUT2D eigenvalue weighted by Gasteiger charge is 2.50. The van der Waals surface area contributed by atoms with Crippen LogP contribution < -0.4 is 0 Å². The molecular formula is C23H20ClNO2. The molecule has 0 aliphatic carbocycles. The second-order valence-corrected chi connectivity index (χ2v) is 7.49. The number of hydrogen-bond acceptors (Lipinski definition) is 2. The van der Waals surface area contributed by atoms with Gasteiger partial charge in [0.1, 0.15) is 0 Å². The molecule has 1 atom stereocenters. The van der Waals surface area contributed by atoms with Crippen LogP contribution in [-0.2, 0) is 12.3 Å². The molecule has 27 heavy (non-hydrogen) atoms. The van der Waals surface area contributed by atoms with Gasteiger partial charge < -0.3 is 5.11 Å². The van der Waals surface area contributed by atoms with E-state index in [0.29, 0.717) is 28.3 Å². The lowest BCUT2D eigenvalue weighted by Crippen LogP contribution is -2.44. The molecule has 4 heteroatoms. The van der Waals surface area contributed by atoms with Crippen molar-refractivity contribution in [2.45, 2.75) is 26.1 Å². The maximum Gasteiger partial charge on any atom is 0.257 e. The van der Waals surface area contributed by atoms with E-state index >= 15 is 0 Å². The molecule has 0 bridgehead atoms. The summed E-state index contributed by atoms with van der Waals surface area (Å²) in [5.74, 6) is -0.166. The van der Waals surface area contributed by atoms with Crippen LogP contribution in [0.25, 0.3) is 0 Å². The summed E-state index contributed by atoms with van der Waals surface area (Å²) in [6, 6.07) is 20.6. The van der Waals surface area contributed by atoms with E-state index in [-0.39, 0.29) is 5.91 Å². The molecule has 1 aliphatic rings. The van der Waals surface area contributed by atoms with Gasteiger partial charge in [-0.05, 0) is 37.1 Å². The Labute approximate surface area is 163 Å². The molecule has 3 aromatic carbocycles. The second-order valence-electron chi connectivity index (χ2n) is 7.05. The molecule has 0 spiro atoms. The number of fused-ring (bicyclic) bond motifs is 1. The van der Waals surface area contributed by atoms with Gasteiger partial charge in [0.2, 0.25) is 0 Å². The largest absolute Gasteiger partial charge is 0.363 e. The number of aliphatic hydroxyl groups is 1. The SMILES string of the molecule is Cc1ccc(CN2C(=O)c3c(C)cccc3C2(O)c2ccc(Cl)cc2)cc1.